The molecule has 1 aromatic carbocycles. The van der Waals surface area contributed by atoms with Gasteiger partial charge in [-0.3, -0.25) is 4.57 Å². The predicted molar refractivity (Wildman–Crippen MR) is 97.7 cm³/mol. The molecule has 1 N–H and O–H groups in total. The molecule has 2 atom stereocenters. The number of hydrogen-bond acceptors (Lipinski definition) is 4. The molecular formula is C20H25N3O2. The first-order valence-corrected chi connectivity index (χ1v) is 8.78. The van der Waals surface area contributed by atoms with Gasteiger partial charge in [0.1, 0.15) is 5.60 Å². The SMILES string of the molecule is CN[C@@H]1CC[C@H](c2cn(C(=O)OC(C)(C)C)c3ccc(C#N)cc23)C1. The maximum Gasteiger partial charge on any atom is 0.419 e. The minimum Gasteiger partial charge on any atom is -0.443 e. The third kappa shape index (κ3) is 3.54. The first-order chi connectivity index (χ1) is 11.8. The van der Waals surface area contributed by atoms with Gasteiger partial charge in [0.05, 0.1) is 17.1 Å². The zero-order valence-electron chi connectivity index (χ0n) is 15.3. The number of carbonyl (C=O) groups is 1. The van der Waals surface area contributed by atoms with E-state index < -0.39 is 5.60 Å². The molecule has 25 heavy (non-hydrogen) atoms. The Bertz CT molecular complexity index is 839. The van der Waals surface area contributed by atoms with Crippen LogP contribution in [0.15, 0.2) is 24.4 Å². The number of carbonyl (C=O) groups excluding carboxylic acids is 1. The molecular weight excluding hydrogens is 314 g/mol. The number of nitriles is 1. The highest BCUT2D eigenvalue weighted by atomic mass is 16.6. The molecule has 0 amide bonds. The van der Waals surface area contributed by atoms with E-state index in [4.69, 9.17) is 4.74 Å². The molecule has 5 heteroatoms. The summed E-state index contributed by atoms with van der Waals surface area (Å²) in [6, 6.07) is 8.17. The number of ether oxygens (including phenoxy) is 1. The van der Waals surface area contributed by atoms with Crippen LogP contribution < -0.4 is 5.32 Å². The van der Waals surface area contributed by atoms with E-state index in [-0.39, 0.29) is 6.09 Å². The van der Waals surface area contributed by atoms with E-state index in [1.54, 1.807) is 10.6 Å². The number of fused-ring (bicyclic) bond motifs is 1. The highest BCUT2D eigenvalue weighted by Gasteiger charge is 2.29. The number of benzene rings is 1. The molecule has 1 fully saturated rings. The third-order valence-electron chi connectivity index (χ3n) is 4.84. The summed E-state index contributed by atoms with van der Waals surface area (Å²) in [4.78, 5) is 12.6. The van der Waals surface area contributed by atoms with Crippen LogP contribution in [-0.4, -0.2) is 29.4 Å². The molecule has 0 saturated heterocycles. The van der Waals surface area contributed by atoms with Crippen LogP contribution in [0.3, 0.4) is 0 Å². The second kappa shape index (κ2) is 6.53. The maximum atomic E-state index is 12.6. The molecule has 1 aliphatic rings. The Hall–Kier alpha value is -2.32. The molecule has 0 bridgehead atoms. The fourth-order valence-corrected chi connectivity index (χ4v) is 3.64. The van der Waals surface area contributed by atoms with Gasteiger partial charge < -0.3 is 10.1 Å². The highest BCUT2D eigenvalue weighted by molar-refractivity contribution is 5.93. The normalized spacial score (nSPS) is 20.6. The Morgan fingerprint density at radius 1 is 1.36 bits per heavy atom. The molecule has 1 saturated carbocycles. The van der Waals surface area contributed by atoms with Gasteiger partial charge in [-0.1, -0.05) is 0 Å². The molecule has 0 unspecified atom stereocenters. The van der Waals surface area contributed by atoms with Crippen molar-refractivity contribution in [2.45, 2.75) is 57.6 Å². The lowest BCUT2D eigenvalue weighted by Crippen LogP contribution is -2.26. The highest BCUT2D eigenvalue weighted by Crippen LogP contribution is 2.39. The summed E-state index contributed by atoms with van der Waals surface area (Å²) in [6.07, 6.45) is 4.77. The number of nitrogens with one attached hydrogen (secondary N) is 1. The van der Waals surface area contributed by atoms with Crippen LogP contribution in [-0.2, 0) is 4.74 Å². The van der Waals surface area contributed by atoms with Crippen LogP contribution in [0.25, 0.3) is 10.9 Å². The summed E-state index contributed by atoms with van der Waals surface area (Å²) in [5.41, 5.74) is 2.00. The summed E-state index contributed by atoms with van der Waals surface area (Å²) in [5.74, 6) is 0.387. The lowest BCUT2D eigenvalue weighted by atomic mass is 9.96. The van der Waals surface area contributed by atoms with E-state index in [1.807, 2.05) is 46.1 Å². The molecule has 0 spiro atoms. The average Bonchev–Trinajstić information content (AvgIpc) is 3.16. The zero-order chi connectivity index (χ0) is 18.2. The van der Waals surface area contributed by atoms with Crippen molar-refractivity contribution in [2.24, 2.45) is 0 Å². The fraction of sp³-hybridized carbons (Fsp3) is 0.500. The van der Waals surface area contributed by atoms with Crippen LogP contribution in [0, 0.1) is 11.3 Å². The average molecular weight is 339 g/mol. The Labute approximate surface area is 148 Å². The molecule has 1 aromatic heterocycles. The fourth-order valence-electron chi connectivity index (χ4n) is 3.64. The second-order valence-electron chi connectivity index (χ2n) is 7.77. The minimum absolute atomic E-state index is 0.378. The van der Waals surface area contributed by atoms with Crippen LogP contribution in [0.2, 0.25) is 0 Å². The van der Waals surface area contributed by atoms with Gasteiger partial charge >= 0.3 is 6.09 Å². The van der Waals surface area contributed by atoms with Crippen molar-refractivity contribution < 1.29 is 9.53 Å². The second-order valence-corrected chi connectivity index (χ2v) is 7.77. The predicted octanol–water partition coefficient (Wildman–Crippen LogP) is 4.15. The van der Waals surface area contributed by atoms with Crippen molar-refractivity contribution in [2.75, 3.05) is 7.05 Å². The van der Waals surface area contributed by atoms with Crippen molar-refractivity contribution >= 4 is 17.0 Å². The summed E-state index contributed by atoms with van der Waals surface area (Å²) < 4.78 is 7.14. The molecule has 3 rings (SSSR count). The molecule has 0 aliphatic heterocycles. The molecule has 5 nitrogen and oxygen atoms in total. The van der Waals surface area contributed by atoms with E-state index in [2.05, 4.69) is 11.4 Å². The van der Waals surface area contributed by atoms with Crippen LogP contribution in [0.1, 0.15) is 57.1 Å². The van der Waals surface area contributed by atoms with Gasteiger partial charge in [-0.05, 0) is 76.8 Å². The lowest BCUT2D eigenvalue weighted by molar-refractivity contribution is 0.0544. The smallest absolute Gasteiger partial charge is 0.419 e. The monoisotopic (exact) mass is 339 g/mol. The van der Waals surface area contributed by atoms with Gasteiger partial charge in [-0.25, -0.2) is 4.79 Å². The number of aromatic nitrogens is 1. The Balaban J connectivity index is 2.07. The topological polar surface area (TPSA) is 67.1 Å². The Morgan fingerprint density at radius 2 is 2.12 bits per heavy atom. The van der Waals surface area contributed by atoms with Crippen molar-refractivity contribution in [1.82, 2.24) is 9.88 Å². The van der Waals surface area contributed by atoms with Crippen molar-refractivity contribution in [3.05, 3.63) is 35.5 Å². The number of hydrogen-bond donors (Lipinski definition) is 1. The minimum atomic E-state index is -0.551. The zero-order valence-corrected chi connectivity index (χ0v) is 15.3. The summed E-state index contributed by atoms with van der Waals surface area (Å²) in [7, 11) is 1.99. The summed E-state index contributed by atoms with van der Waals surface area (Å²) >= 11 is 0. The third-order valence-corrected chi connectivity index (χ3v) is 4.84. The van der Waals surface area contributed by atoms with Gasteiger partial charge in [-0.2, -0.15) is 5.26 Å². The van der Waals surface area contributed by atoms with E-state index >= 15 is 0 Å². The molecule has 1 aliphatic carbocycles. The standard InChI is InChI=1S/C20H25N3O2/c1-20(2,3)25-19(24)23-12-17(14-6-7-15(10-14)22-4)16-9-13(11-21)5-8-18(16)23/h5,8-9,12,14-15,22H,6-7,10H2,1-4H3/t14-,15+/m0/s1. The summed E-state index contributed by atoms with van der Waals surface area (Å²) in [5, 5.41) is 13.6. The largest absolute Gasteiger partial charge is 0.443 e. The molecule has 132 valence electrons. The van der Waals surface area contributed by atoms with Gasteiger partial charge in [0, 0.05) is 17.6 Å². The van der Waals surface area contributed by atoms with Crippen LogP contribution in [0.4, 0.5) is 4.79 Å². The Kier molecular flexibility index (Phi) is 4.57. The van der Waals surface area contributed by atoms with E-state index in [0.717, 1.165) is 35.7 Å². The number of nitrogens with zero attached hydrogens (tertiary/aromatic N) is 2. The molecule has 1 heterocycles. The maximum absolute atomic E-state index is 12.6. The quantitative estimate of drug-likeness (QED) is 0.892. The lowest BCUT2D eigenvalue weighted by Gasteiger charge is -2.19. The summed E-state index contributed by atoms with van der Waals surface area (Å²) in [6.45, 7) is 5.58. The van der Waals surface area contributed by atoms with Gasteiger partial charge in [0.2, 0.25) is 0 Å². The van der Waals surface area contributed by atoms with Crippen molar-refractivity contribution in [3.63, 3.8) is 0 Å². The van der Waals surface area contributed by atoms with E-state index in [1.165, 1.54) is 0 Å². The first-order valence-electron chi connectivity index (χ1n) is 8.78. The molecule has 2 aromatic rings. The van der Waals surface area contributed by atoms with Gasteiger partial charge in [0.15, 0.2) is 0 Å². The van der Waals surface area contributed by atoms with Gasteiger partial charge in [0.25, 0.3) is 0 Å². The molecule has 0 radical (unpaired) electrons. The van der Waals surface area contributed by atoms with Crippen molar-refractivity contribution in [3.8, 4) is 6.07 Å². The van der Waals surface area contributed by atoms with Crippen molar-refractivity contribution in [1.29, 1.82) is 5.26 Å². The van der Waals surface area contributed by atoms with E-state index in [0.29, 0.717) is 17.5 Å². The number of rotatable bonds is 2. The van der Waals surface area contributed by atoms with Crippen LogP contribution >= 0.6 is 0 Å². The van der Waals surface area contributed by atoms with Gasteiger partial charge in [-0.15, -0.1) is 0 Å². The first kappa shape index (κ1) is 17.5. The van der Waals surface area contributed by atoms with E-state index in [9.17, 15) is 10.1 Å². The Morgan fingerprint density at radius 3 is 2.72 bits per heavy atom. The van der Waals surface area contributed by atoms with Crippen LogP contribution in [0.5, 0.6) is 0 Å².